The predicted molar refractivity (Wildman–Crippen MR) is 142 cm³/mol. The van der Waals surface area contributed by atoms with Crippen LogP contribution >= 0.6 is 11.6 Å². The molecule has 0 radical (unpaired) electrons. The number of halogens is 1. The van der Waals surface area contributed by atoms with E-state index >= 15 is 0 Å². The molecule has 0 unspecified atom stereocenters. The first-order chi connectivity index (χ1) is 18.0. The lowest BCUT2D eigenvalue weighted by Gasteiger charge is -2.20. The molecule has 0 aliphatic heterocycles. The van der Waals surface area contributed by atoms with Crippen molar-refractivity contribution < 1.29 is 14.6 Å². The Morgan fingerprint density at radius 1 is 1.05 bits per heavy atom. The molecule has 0 amide bonds. The number of H-pyrrole nitrogens is 1. The second-order valence-corrected chi connectivity index (χ2v) is 9.84. The first-order valence-electron chi connectivity index (χ1n) is 11.7. The highest BCUT2D eigenvalue weighted by molar-refractivity contribution is 6.30. The van der Waals surface area contributed by atoms with Crippen molar-refractivity contribution >= 4 is 23.3 Å². The van der Waals surface area contributed by atoms with Crippen LogP contribution in [0.25, 0.3) is 0 Å². The summed E-state index contributed by atoms with van der Waals surface area (Å²) in [6.45, 7) is 4.56. The molecule has 0 bridgehead atoms. The van der Waals surface area contributed by atoms with E-state index in [0.29, 0.717) is 22.3 Å². The fraction of sp³-hybridized carbons (Fsp3) is 0.222. The van der Waals surface area contributed by atoms with Crippen LogP contribution in [0.1, 0.15) is 25.0 Å². The number of ether oxygens (including phenoxy) is 1. The van der Waals surface area contributed by atoms with Gasteiger partial charge in [0, 0.05) is 23.8 Å². The number of benzene rings is 2. The molecule has 2 aromatic heterocycles. The summed E-state index contributed by atoms with van der Waals surface area (Å²) in [5.74, 6) is -0.155. The first-order valence-corrected chi connectivity index (χ1v) is 12.1. The average molecular weight is 536 g/mol. The fourth-order valence-electron chi connectivity index (χ4n) is 3.51. The lowest BCUT2D eigenvalue weighted by atomic mass is 9.94. The molecule has 0 spiro atoms. The van der Waals surface area contributed by atoms with Crippen molar-refractivity contribution in [1.82, 2.24) is 19.1 Å². The summed E-state index contributed by atoms with van der Waals surface area (Å²) < 4.78 is 7.89. The van der Waals surface area contributed by atoms with Gasteiger partial charge in [-0.15, -0.1) is 0 Å². The zero-order chi connectivity index (χ0) is 27.4. The largest absolute Gasteiger partial charge is 0.481 e. The van der Waals surface area contributed by atoms with Crippen molar-refractivity contribution in [3.63, 3.8) is 0 Å². The molecule has 0 saturated heterocycles. The summed E-state index contributed by atoms with van der Waals surface area (Å²) in [5.41, 5.74) is -0.594. The molecule has 4 rings (SSSR count). The van der Waals surface area contributed by atoms with Crippen LogP contribution in [0, 0.1) is 12.3 Å². The highest BCUT2D eigenvalue weighted by Gasteiger charge is 2.29. The first kappa shape index (κ1) is 26.6. The lowest BCUT2D eigenvalue weighted by Crippen LogP contribution is -2.52. The maximum Gasteiger partial charge on any atom is 0.335 e. The van der Waals surface area contributed by atoms with Gasteiger partial charge in [-0.2, -0.15) is 0 Å². The number of carboxylic acids is 1. The molecule has 2 N–H and O–H groups in total. The number of hydrogen-bond acceptors (Lipinski definition) is 6. The van der Waals surface area contributed by atoms with Gasteiger partial charge in [0.2, 0.25) is 11.5 Å². The van der Waals surface area contributed by atoms with Crippen molar-refractivity contribution in [1.29, 1.82) is 0 Å². The molecular weight excluding hydrogens is 510 g/mol. The van der Waals surface area contributed by atoms with Crippen LogP contribution < -0.4 is 21.7 Å². The summed E-state index contributed by atoms with van der Waals surface area (Å²) in [7, 11) is 0. The van der Waals surface area contributed by atoms with E-state index in [1.807, 2.05) is 13.0 Å². The third kappa shape index (κ3) is 6.27. The Kier molecular flexibility index (Phi) is 7.63. The smallest absolute Gasteiger partial charge is 0.335 e. The average Bonchev–Trinajstić information content (AvgIpc) is 2.88. The molecule has 2 aromatic carbocycles. The number of pyridine rings is 1. The molecule has 4 aromatic rings. The van der Waals surface area contributed by atoms with Gasteiger partial charge in [-0.3, -0.25) is 14.3 Å². The molecule has 0 aliphatic rings. The van der Waals surface area contributed by atoms with Crippen molar-refractivity contribution in [3.8, 4) is 11.6 Å². The van der Waals surface area contributed by atoms with Gasteiger partial charge in [0.1, 0.15) is 5.75 Å². The van der Waals surface area contributed by atoms with E-state index in [2.05, 4.69) is 15.0 Å². The van der Waals surface area contributed by atoms with Crippen molar-refractivity contribution in [2.24, 2.45) is 10.4 Å². The minimum atomic E-state index is -1.35. The number of nitrogens with one attached hydrogen (secondary N) is 1. The molecule has 0 saturated carbocycles. The van der Waals surface area contributed by atoms with Gasteiger partial charge >= 0.3 is 17.3 Å². The number of aromatic nitrogens is 4. The van der Waals surface area contributed by atoms with E-state index in [0.717, 1.165) is 15.7 Å². The minimum Gasteiger partial charge on any atom is -0.481 e. The van der Waals surface area contributed by atoms with Crippen molar-refractivity contribution in [3.05, 3.63) is 110 Å². The van der Waals surface area contributed by atoms with E-state index in [1.165, 1.54) is 18.4 Å². The number of aliphatic carboxylic acids is 1. The monoisotopic (exact) mass is 535 g/mol. The molecule has 0 atom stereocenters. The zero-order valence-corrected chi connectivity index (χ0v) is 21.8. The Hall–Kier alpha value is -4.44. The number of nitrogens with zero attached hydrogens (tertiary/aromatic N) is 4. The fourth-order valence-corrected chi connectivity index (χ4v) is 3.63. The van der Waals surface area contributed by atoms with Gasteiger partial charge in [0.05, 0.1) is 17.6 Å². The quantitative estimate of drug-likeness (QED) is 0.352. The topological polar surface area (TPSA) is 132 Å². The van der Waals surface area contributed by atoms with Gasteiger partial charge in [-0.05, 0) is 68.3 Å². The summed E-state index contributed by atoms with van der Waals surface area (Å²) in [4.78, 5) is 49.3. The molecule has 2 heterocycles. The number of aryl methyl sites for hydroxylation is 1. The second kappa shape index (κ2) is 10.9. The van der Waals surface area contributed by atoms with E-state index in [9.17, 15) is 19.5 Å². The van der Waals surface area contributed by atoms with Gasteiger partial charge in [-0.1, -0.05) is 29.8 Å². The zero-order valence-electron chi connectivity index (χ0n) is 21.0. The van der Waals surface area contributed by atoms with Crippen LogP contribution in [-0.2, 0) is 17.9 Å². The Morgan fingerprint density at radius 3 is 2.34 bits per heavy atom. The molecule has 38 heavy (non-hydrogen) atoms. The van der Waals surface area contributed by atoms with Crippen molar-refractivity contribution in [2.45, 2.75) is 33.9 Å². The maximum absolute atomic E-state index is 13.5. The van der Waals surface area contributed by atoms with Crippen LogP contribution in [0.4, 0.5) is 5.69 Å². The Balaban J connectivity index is 1.75. The van der Waals surface area contributed by atoms with Gasteiger partial charge < -0.3 is 9.84 Å². The number of carbonyl (C=O) groups is 1. The molecule has 0 fully saturated rings. The van der Waals surface area contributed by atoms with Crippen LogP contribution in [0.5, 0.6) is 11.6 Å². The van der Waals surface area contributed by atoms with Gasteiger partial charge in [0.25, 0.3) is 0 Å². The van der Waals surface area contributed by atoms with Crippen molar-refractivity contribution in [2.75, 3.05) is 0 Å². The molecule has 0 aliphatic carbocycles. The number of aromatic amines is 1. The number of hydrogen-bond donors (Lipinski definition) is 2. The summed E-state index contributed by atoms with van der Waals surface area (Å²) in [6.07, 6.45) is 1.70. The van der Waals surface area contributed by atoms with Gasteiger partial charge in [0.15, 0.2) is 0 Å². The molecule has 10 nitrogen and oxygen atoms in total. The highest BCUT2D eigenvalue weighted by atomic mass is 35.5. The molecule has 11 heteroatoms. The Labute approximate surface area is 222 Å². The van der Waals surface area contributed by atoms with Crippen LogP contribution in [0.2, 0.25) is 5.02 Å². The van der Waals surface area contributed by atoms with Crippen LogP contribution in [0.3, 0.4) is 0 Å². The molecule has 196 valence electrons. The Morgan fingerprint density at radius 2 is 1.74 bits per heavy atom. The van der Waals surface area contributed by atoms with Gasteiger partial charge in [-0.25, -0.2) is 24.1 Å². The summed E-state index contributed by atoms with van der Waals surface area (Å²) >= 11 is 6.00. The number of carboxylic acid groups (broad SMARTS) is 1. The van der Waals surface area contributed by atoms with Crippen LogP contribution in [0.15, 0.2) is 81.4 Å². The normalized spacial score (nSPS) is 11.9. The summed E-state index contributed by atoms with van der Waals surface area (Å²) in [5, 5.41) is 10.0. The predicted octanol–water partition coefficient (Wildman–Crippen LogP) is 3.88. The number of rotatable bonds is 8. The SMILES string of the molecule is Cc1ccc(Oc2ccc(/N=c3\[nH]c(=O)n(CC(C)(C)C(=O)O)c(=O)n3Cc3ccc(Cl)cc3)cc2)nc1. The Bertz CT molecular complexity index is 1630. The third-order valence-electron chi connectivity index (χ3n) is 5.75. The maximum atomic E-state index is 13.5. The standard InChI is InChI=1S/C27H26ClN5O5/c1-17-4-13-22(29-14-17)38-21-11-9-20(10-12-21)30-24-31-25(36)33(16-27(2,3)23(34)35)26(37)32(24)15-18-5-7-19(28)8-6-18/h4-14H,15-16H2,1-3H3,(H,34,35)(H,30,31,36). The van der Waals surface area contributed by atoms with E-state index < -0.39 is 22.8 Å². The highest BCUT2D eigenvalue weighted by Crippen LogP contribution is 2.22. The van der Waals surface area contributed by atoms with Crippen LogP contribution in [-0.4, -0.2) is 30.2 Å². The lowest BCUT2D eigenvalue weighted by molar-refractivity contribution is -0.147. The van der Waals surface area contributed by atoms with E-state index in [1.54, 1.807) is 60.8 Å². The summed E-state index contributed by atoms with van der Waals surface area (Å²) in [6, 6.07) is 17.3. The molecular formula is C27H26ClN5O5. The van der Waals surface area contributed by atoms with E-state index in [4.69, 9.17) is 16.3 Å². The second-order valence-electron chi connectivity index (χ2n) is 9.41. The third-order valence-corrected chi connectivity index (χ3v) is 6.00. The minimum absolute atomic E-state index is 0.00759. The van der Waals surface area contributed by atoms with E-state index in [-0.39, 0.29) is 18.7 Å².